The van der Waals surface area contributed by atoms with Gasteiger partial charge in [-0.3, -0.25) is 37.3 Å². The van der Waals surface area contributed by atoms with Gasteiger partial charge in [0.05, 0.1) is 26.4 Å². The van der Waals surface area contributed by atoms with E-state index in [0.717, 1.165) is 102 Å². The van der Waals surface area contributed by atoms with Gasteiger partial charge in [-0.25, -0.2) is 9.13 Å². The molecule has 0 heterocycles. The van der Waals surface area contributed by atoms with E-state index in [-0.39, 0.29) is 25.7 Å². The molecule has 0 aliphatic heterocycles. The van der Waals surface area contributed by atoms with Gasteiger partial charge in [-0.2, -0.15) is 0 Å². The van der Waals surface area contributed by atoms with Crippen LogP contribution in [0.4, 0.5) is 0 Å². The predicted molar refractivity (Wildman–Crippen MR) is 432 cm³/mol. The number of aliphatic hydroxyl groups excluding tert-OH is 1. The Kier molecular flexibility index (Phi) is 76.0. The number of carbonyl (C=O) groups excluding carboxylic acids is 4. The second kappa shape index (κ2) is 77.4. The molecule has 0 saturated carbocycles. The van der Waals surface area contributed by atoms with Crippen LogP contribution in [0.5, 0.6) is 0 Å². The van der Waals surface area contributed by atoms with Crippen LogP contribution in [0.25, 0.3) is 0 Å². The van der Waals surface area contributed by atoms with Gasteiger partial charge in [-0.1, -0.05) is 408 Å². The number of carbonyl (C=O) groups is 4. The molecule has 0 spiro atoms. The van der Waals surface area contributed by atoms with E-state index >= 15 is 0 Å². The third-order valence-corrected chi connectivity index (χ3v) is 22.5. The summed E-state index contributed by atoms with van der Waals surface area (Å²) in [5, 5.41) is 10.7. The van der Waals surface area contributed by atoms with Crippen LogP contribution in [0, 0.1) is 11.8 Å². The Hall–Kier alpha value is -1.94. The Bertz CT molecular complexity index is 2010. The number of esters is 4. The van der Waals surface area contributed by atoms with Crippen molar-refractivity contribution in [3.05, 3.63) is 0 Å². The summed E-state index contributed by atoms with van der Waals surface area (Å²) in [5.41, 5.74) is 0. The van der Waals surface area contributed by atoms with E-state index in [9.17, 15) is 43.2 Å². The molecule has 17 nitrogen and oxygen atoms in total. The van der Waals surface area contributed by atoms with Gasteiger partial charge in [0.25, 0.3) is 0 Å². The maximum atomic E-state index is 13.1. The molecule has 0 aliphatic rings. The SMILES string of the molecule is CCCCCCCCCCCCCCCCCCCCCC(=O)O[C@H](COC(=O)CCCCCCCCCCCCCCCCCCCC)COP(=O)(O)OC[C@@H](O)COP(=O)(O)OC[C@@H](COC(=O)CCCCCCCCCCC(C)CC)OC(=O)CCCCCCCCCCCCCCCC(C)C. The Morgan fingerprint density at radius 3 is 0.724 bits per heavy atom. The van der Waals surface area contributed by atoms with Crippen molar-refractivity contribution in [2.24, 2.45) is 11.8 Å². The zero-order chi connectivity index (χ0) is 77.1. The number of aliphatic hydroxyl groups is 1. The van der Waals surface area contributed by atoms with Crippen molar-refractivity contribution in [3.63, 3.8) is 0 Å². The van der Waals surface area contributed by atoms with Crippen LogP contribution < -0.4 is 0 Å². The Labute approximate surface area is 645 Å². The Morgan fingerprint density at radius 1 is 0.276 bits per heavy atom. The summed E-state index contributed by atoms with van der Waals surface area (Å²) in [5.74, 6) is -0.537. The highest BCUT2D eigenvalue weighted by molar-refractivity contribution is 7.47. The van der Waals surface area contributed by atoms with Gasteiger partial charge in [-0.05, 0) is 37.5 Å². The smallest absolute Gasteiger partial charge is 0.462 e. The van der Waals surface area contributed by atoms with E-state index in [1.165, 1.54) is 276 Å². The van der Waals surface area contributed by atoms with E-state index in [1.807, 2.05) is 0 Å². The molecule has 0 rings (SSSR count). The molecule has 0 radical (unpaired) electrons. The van der Waals surface area contributed by atoms with Crippen molar-refractivity contribution < 1.29 is 80.2 Å². The second-order valence-corrected chi connectivity index (χ2v) is 34.6. The van der Waals surface area contributed by atoms with Crippen LogP contribution in [0.2, 0.25) is 0 Å². The molecule has 3 unspecified atom stereocenters. The summed E-state index contributed by atoms with van der Waals surface area (Å²) in [6.07, 6.45) is 69.3. The number of unbranched alkanes of at least 4 members (excludes halogenated alkanes) is 54. The van der Waals surface area contributed by atoms with Crippen LogP contribution in [0.15, 0.2) is 0 Å². The second-order valence-electron chi connectivity index (χ2n) is 31.6. The minimum absolute atomic E-state index is 0.107. The summed E-state index contributed by atoms with van der Waals surface area (Å²) in [6, 6.07) is 0. The molecule has 0 fully saturated rings. The third kappa shape index (κ3) is 78.5. The van der Waals surface area contributed by atoms with Crippen LogP contribution in [0.3, 0.4) is 0 Å². The maximum absolute atomic E-state index is 13.1. The molecule has 0 aromatic carbocycles. The molecule has 0 aliphatic carbocycles. The normalized spacial score (nSPS) is 14.1. The van der Waals surface area contributed by atoms with Crippen molar-refractivity contribution in [3.8, 4) is 0 Å². The molecule has 105 heavy (non-hydrogen) atoms. The summed E-state index contributed by atoms with van der Waals surface area (Å²) in [6.45, 7) is 9.69. The fourth-order valence-electron chi connectivity index (χ4n) is 13.4. The van der Waals surface area contributed by atoms with Crippen molar-refractivity contribution in [2.45, 2.75) is 477 Å². The molecule has 19 heteroatoms. The van der Waals surface area contributed by atoms with Crippen LogP contribution >= 0.6 is 15.6 Å². The predicted octanol–water partition coefficient (Wildman–Crippen LogP) is 26.2. The number of phosphoric ester groups is 2. The summed E-state index contributed by atoms with van der Waals surface area (Å²) in [4.78, 5) is 73.3. The molecule has 0 amide bonds. The standard InChI is InChI=1S/C86H168O17P2/c1-7-10-12-14-16-18-20-22-24-26-28-30-32-36-40-44-52-58-64-70-85(90)102-81(74-96-83(88)68-62-56-50-43-39-35-31-29-27-25-23-21-19-17-15-13-11-8-2)76-100-104(92,93)98-72-80(87)73-99-105(94,95)101-77-82(75-97-84(89)69-63-57-51-47-46-49-55-61-67-79(6)9-3)103-86(91)71-65-59-53-45-41-37-33-34-38-42-48-54-60-66-78(4)5/h78-82,87H,7-77H2,1-6H3,(H,92,93)(H,94,95)/t79?,80-,81-,82-/m1/s1. The first-order chi connectivity index (χ1) is 50.9. The molecular formula is C86H168O17P2. The molecule has 0 aromatic rings. The Morgan fingerprint density at radius 2 is 0.486 bits per heavy atom. The van der Waals surface area contributed by atoms with Crippen molar-refractivity contribution in [2.75, 3.05) is 39.6 Å². The van der Waals surface area contributed by atoms with E-state index in [1.54, 1.807) is 0 Å². The Balaban J connectivity index is 5.26. The minimum Gasteiger partial charge on any atom is -0.462 e. The van der Waals surface area contributed by atoms with Crippen molar-refractivity contribution in [1.82, 2.24) is 0 Å². The fourth-order valence-corrected chi connectivity index (χ4v) is 15.0. The van der Waals surface area contributed by atoms with Gasteiger partial charge in [-0.15, -0.1) is 0 Å². The summed E-state index contributed by atoms with van der Waals surface area (Å²) in [7, 11) is -9.93. The lowest BCUT2D eigenvalue weighted by Gasteiger charge is -2.21. The van der Waals surface area contributed by atoms with Gasteiger partial charge in [0.2, 0.25) is 0 Å². The minimum atomic E-state index is -4.97. The molecule has 6 atom stereocenters. The molecule has 624 valence electrons. The van der Waals surface area contributed by atoms with Gasteiger partial charge in [0, 0.05) is 25.7 Å². The van der Waals surface area contributed by atoms with Crippen molar-refractivity contribution in [1.29, 1.82) is 0 Å². The largest absolute Gasteiger partial charge is 0.472 e. The zero-order valence-corrected chi connectivity index (χ0v) is 70.8. The average molecular weight is 1540 g/mol. The molecule has 0 saturated heterocycles. The zero-order valence-electron chi connectivity index (χ0n) is 69.0. The van der Waals surface area contributed by atoms with Gasteiger partial charge < -0.3 is 33.8 Å². The number of ether oxygens (including phenoxy) is 4. The molecule has 0 bridgehead atoms. The lowest BCUT2D eigenvalue weighted by atomic mass is 9.99. The van der Waals surface area contributed by atoms with Crippen LogP contribution in [0.1, 0.15) is 459 Å². The lowest BCUT2D eigenvalue weighted by Crippen LogP contribution is -2.30. The molecule has 3 N–H and O–H groups in total. The van der Waals surface area contributed by atoms with E-state index < -0.39 is 97.5 Å². The topological polar surface area (TPSA) is 237 Å². The third-order valence-electron chi connectivity index (χ3n) is 20.6. The van der Waals surface area contributed by atoms with E-state index in [0.29, 0.717) is 25.7 Å². The molecule has 0 aromatic heterocycles. The average Bonchev–Trinajstić information content (AvgIpc) is 0.904. The highest BCUT2D eigenvalue weighted by Crippen LogP contribution is 2.45. The lowest BCUT2D eigenvalue weighted by molar-refractivity contribution is -0.161. The van der Waals surface area contributed by atoms with Crippen molar-refractivity contribution >= 4 is 39.5 Å². The van der Waals surface area contributed by atoms with Gasteiger partial charge in [0.1, 0.15) is 19.3 Å². The maximum Gasteiger partial charge on any atom is 0.472 e. The van der Waals surface area contributed by atoms with Crippen LogP contribution in [-0.2, 0) is 65.4 Å². The van der Waals surface area contributed by atoms with Gasteiger partial charge in [0.15, 0.2) is 12.2 Å². The number of rotatable bonds is 85. The first-order valence-electron chi connectivity index (χ1n) is 44.5. The first-order valence-corrected chi connectivity index (χ1v) is 47.5. The summed E-state index contributed by atoms with van der Waals surface area (Å²) >= 11 is 0. The van der Waals surface area contributed by atoms with Gasteiger partial charge >= 0.3 is 39.5 Å². The van der Waals surface area contributed by atoms with E-state index in [4.69, 9.17) is 37.0 Å². The number of hydrogen-bond donors (Lipinski definition) is 3. The summed E-state index contributed by atoms with van der Waals surface area (Å²) < 4.78 is 68.9. The first kappa shape index (κ1) is 103. The van der Waals surface area contributed by atoms with Crippen LogP contribution in [-0.4, -0.2) is 96.7 Å². The monoisotopic (exact) mass is 1540 g/mol. The fraction of sp³-hybridized carbons (Fsp3) is 0.953. The quantitative estimate of drug-likeness (QED) is 0.0222. The highest BCUT2D eigenvalue weighted by atomic mass is 31.2. The number of phosphoric acid groups is 2. The van der Waals surface area contributed by atoms with E-state index in [2.05, 4.69) is 41.5 Å². The number of hydrogen-bond acceptors (Lipinski definition) is 15. The highest BCUT2D eigenvalue weighted by Gasteiger charge is 2.30. The molecular weight excluding hydrogens is 1370 g/mol.